The molecule has 2 rings (SSSR count). The Kier molecular flexibility index (Phi) is 6.52. The Balaban J connectivity index is 0.00000144. The monoisotopic (exact) mass is 256 g/mol. The number of nitrogens with one attached hydrogen (secondary N) is 1. The minimum Gasteiger partial charge on any atom is -0.396 e. The van der Waals surface area contributed by atoms with Gasteiger partial charge >= 0.3 is 0 Å². The molecule has 96 valence electrons. The highest BCUT2D eigenvalue weighted by molar-refractivity contribution is 5.85. The van der Waals surface area contributed by atoms with Crippen LogP contribution in [0.15, 0.2) is 30.3 Å². The van der Waals surface area contributed by atoms with Crippen molar-refractivity contribution in [3.63, 3.8) is 0 Å². The fourth-order valence-electron chi connectivity index (χ4n) is 2.35. The van der Waals surface area contributed by atoms with E-state index >= 15 is 0 Å². The van der Waals surface area contributed by atoms with Crippen LogP contribution in [-0.2, 0) is 0 Å². The topological polar surface area (TPSA) is 35.5 Å². The second kappa shape index (κ2) is 7.67. The quantitative estimate of drug-likeness (QED) is 0.856. The first-order chi connectivity index (χ1) is 7.92. The van der Waals surface area contributed by atoms with Crippen LogP contribution in [0.5, 0.6) is 0 Å². The zero-order chi connectivity index (χ0) is 11.2. The first kappa shape index (κ1) is 14.5. The summed E-state index contributed by atoms with van der Waals surface area (Å²) in [4.78, 5) is 2.46. The van der Waals surface area contributed by atoms with Crippen LogP contribution in [-0.4, -0.2) is 42.8 Å². The van der Waals surface area contributed by atoms with Crippen LogP contribution in [0.4, 0.5) is 0 Å². The Labute approximate surface area is 109 Å². The number of hydrogen-bond donors (Lipinski definition) is 2. The van der Waals surface area contributed by atoms with E-state index in [-0.39, 0.29) is 19.0 Å². The average molecular weight is 257 g/mol. The molecule has 0 saturated carbocycles. The van der Waals surface area contributed by atoms with Crippen LogP contribution in [0, 0.1) is 0 Å². The lowest BCUT2D eigenvalue weighted by molar-refractivity contribution is 0.141. The lowest BCUT2D eigenvalue weighted by Gasteiger charge is -2.35. The highest BCUT2D eigenvalue weighted by Crippen LogP contribution is 2.23. The minimum absolute atomic E-state index is 0. The zero-order valence-electron chi connectivity index (χ0n) is 10.0. The number of halogens is 1. The van der Waals surface area contributed by atoms with E-state index in [0.717, 1.165) is 32.6 Å². The predicted octanol–water partition coefficient (Wildman–Crippen LogP) is 1.44. The van der Waals surface area contributed by atoms with Gasteiger partial charge in [-0.25, -0.2) is 0 Å². The molecule has 0 radical (unpaired) electrons. The third kappa shape index (κ3) is 3.96. The van der Waals surface area contributed by atoms with Crippen molar-refractivity contribution in [2.24, 2.45) is 0 Å². The molecule has 0 aliphatic carbocycles. The standard InChI is InChI=1S/C13H20N2O.ClH/c16-11-6-13(12-4-2-1-3-5-12)15-9-7-14-8-10-15;/h1-5,13-14,16H,6-11H2;1H/t13-;/m1./s1. The maximum atomic E-state index is 9.19. The smallest absolute Gasteiger partial charge is 0.0449 e. The van der Waals surface area contributed by atoms with Gasteiger partial charge in [0.2, 0.25) is 0 Å². The summed E-state index contributed by atoms with van der Waals surface area (Å²) in [5.41, 5.74) is 1.32. The Hall–Kier alpha value is -0.610. The van der Waals surface area contributed by atoms with Gasteiger partial charge in [-0.05, 0) is 12.0 Å². The van der Waals surface area contributed by atoms with Gasteiger partial charge in [0.25, 0.3) is 0 Å². The van der Waals surface area contributed by atoms with Gasteiger partial charge in [-0.15, -0.1) is 12.4 Å². The third-order valence-corrected chi connectivity index (χ3v) is 3.18. The summed E-state index contributed by atoms with van der Waals surface area (Å²) in [6.07, 6.45) is 0.823. The van der Waals surface area contributed by atoms with Crippen molar-refractivity contribution in [3.05, 3.63) is 35.9 Å². The fourth-order valence-corrected chi connectivity index (χ4v) is 2.35. The predicted molar refractivity (Wildman–Crippen MR) is 72.6 cm³/mol. The molecular formula is C13H21ClN2O. The van der Waals surface area contributed by atoms with Crippen LogP contribution >= 0.6 is 12.4 Å². The molecule has 1 aromatic carbocycles. The number of hydrogen-bond acceptors (Lipinski definition) is 3. The summed E-state index contributed by atoms with van der Waals surface area (Å²) in [6, 6.07) is 10.9. The maximum absolute atomic E-state index is 9.19. The van der Waals surface area contributed by atoms with Crippen LogP contribution in [0.3, 0.4) is 0 Å². The molecule has 1 aliphatic rings. The van der Waals surface area contributed by atoms with Crippen LogP contribution in [0.2, 0.25) is 0 Å². The first-order valence-electron chi connectivity index (χ1n) is 6.02. The molecule has 2 N–H and O–H groups in total. The van der Waals surface area contributed by atoms with Crippen LogP contribution < -0.4 is 5.32 Å². The van der Waals surface area contributed by atoms with E-state index in [9.17, 15) is 5.11 Å². The maximum Gasteiger partial charge on any atom is 0.0449 e. The number of benzene rings is 1. The number of nitrogens with zero attached hydrogens (tertiary/aromatic N) is 1. The zero-order valence-corrected chi connectivity index (χ0v) is 10.8. The van der Waals surface area contributed by atoms with Gasteiger partial charge in [0, 0.05) is 38.8 Å². The highest BCUT2D eigenvalue weighted by atomic mass is 35.5. The molecule has 1 heterocycles. The van der Waals surface area contributed by atoms with Gasteiger partial charge in [-0.2, -0.15) is 0 Å². The average Bonchev–Trinajstić information content (AvgIpc) is 2.38. The molecule has 17 heavy (non-hydrogen) atoms. The number of rotatable bonds is 4. The molecule has 0 unspecified atom stereocenters. The van der Waals surface area contributed by atoms with E-state index in [4.69, 9.17) is 0 Å². The van der Waals surface area contributed by atoms with Crippen molar-refractivity contribution in [2.45, 2.75) is 12.5 Å². The lowest BCUT2D eigenvalue weighted by atomic mass is 10.0. The van der Waals surface area contributed by atoms with Gasteiger partial charge in [0.05, 0.1) is 0 Å². The summed E-state index contributed by atoms with van der Waals surface area (Å²) >= 11 is 0. The summed E-state index contributed by atoms with van der Waals surface area (Å²) < 4.78 is 0. The first-order valence-corrected chi connectivity index (χ1v) is 6.02. The van der Waals surface area contributed by atoms with E-state index < -0.39 is 0 Å². The van der Waals surface area contributed by atoms with Crippen molar-refractivity contribution in [1.29, 1.82) is 0 Å². The molecule has 1 fully saturated rings. The van der Waals surface area contributed by atoms with E-state index in [1.54, 1.807) is 0 Å². The summed E-state index contributed by atoms with van der Waals surface area (Å²) in [7, 11) is 0. The Morgan fingerprint density at radius 1 is 1.18 bits per heavy atom. The van der Waals surface area contributed by atoms with Crippen LogP contribution in [0.1, 0.15) is 18.0 Å². The van der Waals surface area contributed by atoms with Gasteiger partial charge in [-0.3, -0.25) is 4.90 Å². The molecule has 1 aromatic rings. The molecule has 0 aromatic heterocycles. The van der Waals surface area contributed by atoms with Gasteiger partial charge in [-0.1, -0.05) is 30.3 Å². The van der Waals surface area contributed by atoms with E-state index in [0.29, 0.717) is 6.04 Å². The van der Waals surface area contributed by atoms with Crippen molar-refractivity contribution in [1.82, 2.24) is 10.2 Å². The minimum atomic E-state index is 0. The van der Waals surface area contributed by atoms with E-state index in [1.165, 1.54) is 5.56 Å². The van der Waals surface area contributed by atoms with Crippen molar-refractivity contribution < 1.29 is 5.11 Å². The summed E-state index contributed by atoms with van der Waals surface area (Å²) in [5, 5.41) is 12.5. The largest absolute Gasteiger partial charge is 0.396 e. The summed E-state index contributed by atoms with van der Waals surface area (Å²) in [6.45, 7) is 4.49. The lowest BCUT2D eigenvalue weighted by Crippen LogP contribution is -2.45. The molecule has 0 bridgehead atoms. The van der Waals surface area contributed by atoms with E-state index in [1.807, 2.05) is 6.07 Å². The second-order valence-electron chi connectivity index (χ2n) is 4.22. The number of aliphatic hydroxyl groups excluding tert-OH is 1. The Morgan fingerprint density at radius 3 is 2.41 bits per heavy atom. The molecular weight excluding hydrogens is 236 g/mol. The molecule has 1 aliphatic heterocycles. The number of piperazine rings is 1. The number of aliphatic hydroxyl groups is 1. The normalized spacial score (nSPS) is 18.4. The van der Waals surface area contributed by atoms with Gasteiger partial charge in [0.1, 0.15) is 0 Å². The van der Waals surface area contributed by atoms with Crippen LogP contribution in [0.25, 0.3) is 0 Å². The molecule has 0 amide bonds. The molecule has 4 heteroatoms. The highest BCUT2D eigenvalue weighted by Gasteiger charge is 2.21. The molecule has 1 atom stereocenters. The fraction of sp³-hybridized carbons (Fsp3) is 0.538. The van der Waals surface area contributed by atoms with Crippen molar-refractivity contribution >= 4 is 12.4 Å². The van der Waals surface area contributed by atoms with Gasteiger partial charge in [0.15, 0.2) is 0 Å². The third-order valence-electron chi connectivity index (χ3n) is 3.18. The Morgan fingerprint density at radius 2 is 1.82 bits per heavy atom. The van der Waals surface area contributed by atoms with Crippen molar-refractivity contribution in [3.8, 4) is 0 Å². The Bertz CT molecular complexity index is 302. The SMILES string of the molecule is Cl.OCC[C@H](c1ccccc1)N1CCNCC1. The summed E-state index contributed by atoms with van der Waals surface area (Å²) in [5.74, 6) is 0. The van der Waals surface area contributed by atoms with Crippen molar-refractivity contribution in [2.75, 3.05) is 32.8 Å². The second-order valence-corrected chi connectivity index (χ2v) is 4.22. The molecule has 3 nitrogen and oxygen atoms in total. The van der Waals surface area contributed by atoms with E-state index in [2.05, 4.69) is 34.5 Å². The molecule has 0 spiro atoms. The van der Waals surface area contributed by atoms with Gasteiger partial charge < -0.3 is 10.4 Å². The molecule has 1 saturated heterocycles.